The number of benzene rings is 1. The predicted molar refractivity (Wildman–Crippen MR) is 139 cm³/mol. The molecule has 1 N–H and O–H groups in total. The summed E-state index contributed by atoms with van der Waals surface area (Å²) in [6.07, 6.45) is 0.321. The lowest BCUT2D eigenvalue weighted by Crippen LogP contribution is -2.38. The number of carbonyl (C=O) groups is 1. The summed E-state index contributed by atoms with van der Waals surface area (Å²) in [4.78, 5) is 17.8. The molecule has 0 spiro atoms. The summed E-state index contributed by atoms with van der Waals surface area (Å²) in [7, 11) is -3.84. The van der Waals surface area contributed by atoms with Crippen molar-refractivity contribution in [3.05, 3.63) is 64.3 Å². The van der Waals surface area contributed by atoms with Crippen LogP contribution < -0.4 is 5.32 Å². The van der Waals surface area contributed by atoms with Crippen LogP contribution in [0.2, 0.25) is 0 Å². The van der Waals surface area contributed by atoms with Gasteiger partial charge in [0.05, 0.1) is 31.8 Å². The third kappa shape index (κ3) is 5.34. The van der Waals surface area contributed by atoms with Gasteiger partial charge in [0, 0.05) is 19.6 Å². The van der Waals surface area contributed by atoms with Crippen molar-refractivity contribution in [2.24, 2.45) is 5.92 Å². The molecule has 1 amide bonds. The molecule has 7 nitrogen and oxygen atoms in total. The summed E-state index contributed by atoms with van der Waals surface area (Å²) >= 11 is 1.41. The van der Waals surface area contributed by atoms with Crippen LogP contribution in [0.4, 0.5) is 13.2 Å². The summed E-state index contributed by atoms with van der Waals surface area (Å²) in [5, 5.41) is 3.94. The number of thioether (sulfide) groups is 1. The average molecular weight is 565 g/mol. The number of alkyl halides is 3. The van der Waals surface area contributed by atoms with E-state index in [4.69, 9.17) is 0 Å². The Bertz CT molecular complexity index is 1490. The lowest BCUT2D eigenvalue weighted by molar-refractivity contribution is -0.137. The molecule has 0 bridgehead atoms. The standard InChI is InChI=1S/C26H27F3N4O3S2/c1-17-21-16-22(37-24-6-2-5-23(31-17)33(21)24)25(34)30-13-3-4-18-11-14-32(15-12-18)38(35,36)20-9-7-19(8-10-20)26(27,28)29/h2,5-10,16,18H,3-4,11-15H2,1H3,(H,30,34). The van der Waals surface area contributed by atoms with E-state index in [2.05, 4.69) is 10.3 Å². The molecule has 5 rings (SSSR count). The van der Waals surface area contributed by atoms with E-state index < -0.39 is 21.8 Å². The average Bonchev–Trinajstić information content (AvgIpc) is 3.22. The van der Waals surface area contributed by atoms with E-state index in [0.29, 0.717) is 43.3 Å². The fourth-order valence-electron chi connectivity index (χ4n) is 4.91. The Morgan fingerprint density at radius 1 is 1.13 bits per heavy atom. The van der Waals surface area contributed by atoms with Crippen LogP contribution in [-0.4, -0.2) is 47.6 Å². The Balaban J connectivity index is 1.08. The van der Waals surface area contributed by atoms with Gasteiger partial charge in [0.2, 0.25) is 10.0 Å². The first-order chi connectivity index (χ1) is 18.0. The van der Waals surface area contributed by atoms with Gasteiger partial charge in [0.1, 0.15) is 5.65 Å². The quantitative estimate of drug-likeness (QED) is 0.404. The summed E-state index contributed by atoms with van der Waals surface area (Å²) in [6, 6.07) is 9.46. The van der Waals surface area contributed by atoms with Crippen LogP contribution in [0, 0.1) is 12.8 Å². The highest BCUT2D eigenvalue weighted by Gasteiger charge is 2.33. The number of aryl methyl sites for hydroxylation is 1. The number of halogens is 3. The van der Waals surface area contributed by atoms with E-state index in [1.165, 1.54) is 16.1 Å². The molecule has 0 aliphatic carbocycles. The van der Waals surface area contributed by atoms with Gasteiger partial charge in [0.15, 0.2) is 0 Å². The van der Waals surface area contributed by atoms with Crippen molar-refractivity contribution in [1.29, 1.82) is 0 Å². The Hall–Kier alpha value is -2.83. The van der Waals surface area contributed by atoms with Crippen molar-refractivity contribution in [3.63, 3.8) is 0 Å². The Morgan fingerprint density at radius 3 is 2.53 bits per heavy atom. The van der Waals surface area contributed by atoms with Gasteiger partial charge in [-0.3, -0.25) is 9.20 Å². The number of piperidine rings is 1. The molecule has 4 heterocycles. The van der Waals surface area contributed by atoms with Crippen LogP contribution in [-0.2, 0) is 21.0 Å². The maximum absolute atomic E-state index is 12.9. The number of carbonyl (C=O) groups excluding carboxylic acids is 1. The largest absolute Gasteiger partial charge is 0.416 e. The molecule has 2 aliphatic rings. The zero-order valence-electron chi connectivity index (χ0n) is 20.7. The van der Waals surface area contributed by atoms with E-state index in [1.807, 2.05) is 35.6 Å². The minimum atomic E-state index is -4.51. The van der Waals surface area contributed by atoms with Crippen molar-refractivity contribution in [2.45, 2.75) is 48.7 Å². The molecule has 202 valence electrons. The van der Waals surface area contributed by atoms with Crippen molar-refractivity contribution >= 4 is 39.4 Å². The smallest absolute Gasteiger partial charge is 0.352 e. The first kappa shape index (κ1) is 26.8. The third-order valence-electron chi connectivity index (χ3n) is 7.00. The maximum Gasteiger partial charge on any atom is 0.416 e. The number of pyridine rings is 1. The van der Waals surface area contributed by atoms with Crippen molar-refractivity contribution in [3.8, 4) is 0 Å². The summed E-state index contributed by atoms with van der Waals surface area (Å²) in [5.41, 5.74) is 1.77. The molecule has 2 aromatic heterocycles. The number of nitrogens with zero attached hydrogens (tertiary/aromatic N) is 3. The number of hydrogen-bond donors (Lipinski definition) is 1. The minimum absolute atomic E-state index is 0.128. The van der Waals surface area contributed by atoms with Crippen LogP contribution in [0.1, 0.15) is 42.6 Å². The second-order valence-electron chi connectivity index (χ2n) is 9.52. The molecule has 2 aliphatic heterocycles. The van der Waals surface area contributed by atoms with Crippen LogP contribution in [0.3, 0.4) is 0 Å². The number of imidazole rings is 1. The summed E-state index contributed by atoms with van der Waals surface area (Å²) in [6.45, 7) is 3.09. The van der Waals surface area contributed by atoms with Crippen LogP contribution in [0.5, 0.6) is 0 Å². The van der Waals surface area contributed by atoms with E-state index in [1.54, 1.807) is 0 Å². The van der Waals surface area contributed by atoms with Gasteiger partial charge in [0.25, 0.3) is 5.91 Å². The van der Waals surface area contributed by atoms with Gasteiger partial charge in [-0.05, 0) is 81.0 Å². The molecule has 0 saturated carbocycles. The molecule has 1 aromatic carbocycles. The molecule has 12 heteroatoms. The maximum atomic E-state index is 12.9. The number of hydrogen-bond acceptors (Lipinski definition) is 5. The van der Waals surface area contributed by atoms with E-state index in [0.717, 1.165) is 59.2 Å². The lowest BCUT2D eigenvalue weighted by atomic mass is 9.93. The van der Waals surface area contributed by atoms with Gasteiger partial charge < -0.3 is 5.32 Å². The molecule has 3 aromatic rings. The number of sulfonamides is 1. The highest BCUT2D eigenvalue weighted by atomic mass is 32.2. The highest BCUT2D eigenvalue weighted by Crippen LogP contribution is 2.36. The van der Waals surface area contributed by atoms with E-state index in [-0.39, 0.29) is 10.8 Å². The first-order valence-electron chi connectivity index (χ1n) is 12.4. The van der Waals surface area contributed by atoms with E-state index in [9.17, 15) is 26.4 Å². The molecule has 0 radical (unpaired) electrons. The SMILES string of the molecule is Cc1nc2cccc3n2c1C=C(C(=O)NCCCC1CCN(S(=O)(=O)c2ccc(C(F)(F)F)cc2)CC1)S3. The van der Waals surface area contributed by atoms with Gasteiger partial charge in [-0.25, -0.2) is 13.4 Å². The Morgan fingerprint density at radius 2 is 1.84 bits per heavy atom. The first-order valence-corrected chi connectivity index (χ1v) is 14.6. The molecular formula is C26H27F3N4O3S2. The fourth-order valence-corrected chi connectivity index (χ4v) is 7.37. The highest BCUT2D eigenvalue weighted by molar-refractivity contribution is 8.04. The van der Waals surface area contributed by atoms with Gasteiger partial charge in [-0.2, -0.15) is 17.5 Å². The topological polar surface area (TPSA) is 83.8 Å². The second-order valence-corrected chi connectivity index (χ2v) is 12.5. The predicted octanol–water partition coefficient (Wildman–Crippen LogP) is 5.11. The van der Waals surface area contributed by atoms with Gasteiger partial charge in [-0.15, -0.1) is 0 Å². The number of rotatable bonds is 7. The number of amides is 1. The fraction of sp³-hybridized carbons (Fsp3) is 0.385. The van der Waals surface area contributed by atoms with E-state index >= 15 is 0 Å². The number of nitrogens with one attached hydrogen (secondary N) is 1. The molecule has 1 fully saturated rings. The third-order valence-corrected chi connectivity index (χ3v) is 9.97. The van der Waals surface area contributed by atoms with Gasteiger partial charge in [-0.1, -0.05) is 17.8 Å². The van der Waals surface area contributed by atoms with Crippen LogP contribution in [0.25, 0.3) is 11.7 Å². The zero-order chi connectivity index (χ0) is 27.1. The monoisotopic (exact) mass is 564 g/mol. The Labute approximate surface area is 223 Å². The minimum Gasteiger partial charge on any atom is -0.352 e. The molecule has 38 heavy (non-hydrogen) atoms. The van der Waals surface area contributed by atoms with Crippen molar-refractivity contribution in [2.75, 3.05) is 19.6 Å². The molecular weight excluding hydrogens is 537 g/mol. The van der Waals surface area contributed by atoms with Crippen molar-refractivity contribution < 1.29 is 26.4 Å². The molecule has 0 atom stereocenters. The molecule has 1 saturated heterocycles. The van der Waals surface area contributed by atoms with Crippen LogP contribution >= 0.6 is 11.8 Å². The normalized spacial score (nSPS) is 17.0. The van der Waals surface area contributed by atoms with Crippen LogP contribution in [0.15, 0.2) is 57.3 Å². The summed E-state index contributed by atoms with van der Waals surface area (Å²) in [5.74, 6) is 0.195. The summed E-state index contributed by atoms with van der Waals surface area (Å²) < 4.78 is 67.5. The van der Waals surface area contributed by atoms with Gasteiger partial charge >= 0.3 is 6.18 Å². The second kappa shape index (κ2) is 10.4. The zero-order valence-corrected chi connectivity index (χ0v) is 22.3. The lowest BCUT2D eigenvalue weighted by Gasteiger charge is -2.31. The Kier molecular flexibility index (Phi) is 7.31. The molecule has 0 unspecified atom stereocenters. The number of aromatic nitrogens is 2. The van der Waals surface area contributed by atoms with Crippen molar-refractivity contribution in [1.82, 2.24) is 19.0 Å².